The summed E-state index contributed by atoms with van der Waals surface area (Å²) in [4.78, 5) is 19.3. The van der Waals surface area contributed by atoms with E-state index < -0.39 is 0 Å². The number of aromatic nitrogens is 1. The summed E-state index contributed by atoms with van der Waals surface area (Å²) in [5, 5.41) is 4.63. The van der Waals surface area contributed by atoms with E-state index in [0.29, 0.717) is 17.7 Å². The van der Waals surface area contributed by atoms with Gasteiger partial charge in [0.05, 0.1) is 15.2 Å². The molecule has 0 spiro atoms. The molecule has 0 bridgehead atoms. The first-order valence-electron chi connectivity index (χ1n) is 9.13. The minimum absolute atomic E-state index is 0.352. The van der Waals surface area contributed by atoms with E-state index in [1.165, 1.54) is 16.1 Å². The fraction of sp³-hybridized carbons (Fsp3) is 0.579. The number of nitrogens with zero attached hydrogens (tertiary/aromatic N) is 2. The number of hydrogen-bond donors (Lipinski definition) is 1. The fourth-order valence-corrected chi connectivity index (χ4v) is 5.02. The number of para-hydroxylation sites is 1. The van der Waals surface area contributed by atoms with Crippen molar-refractivity contribution in [2.75, 3.05) is 26.2 Å². The van der Waals surface area contributed by atoms with Crippen molar-refractivity contribution in [1.29, 1.82) is 0 Å². The van der Waals surface area contributed by atoms with E-state index >= 15 is 0 Å². The Morgan fingerprint density at radius 3 is 2.83 bits per heavy atom. The number of hydrogen-bond acceptors (Lipinski definition) is 4. The number of nitrogens with one attached hydrogen (secondary N) is 1. The van der Waals surface area contributed by atoms with Gasteiger partial charge in [-0.25, -0.2) is 4.98 Å². The molecule has 1 aromatic heterocycles. The van der Waals surface area contributed by atoms with E-state index in [2.05, 4.69) is 28.4 Å². The summed E-state index contributed by atoms with van der Waals surface area (Å²) in [6.45, 7) is 3.99. The molecule has 1 amide bonds. The standard InChI is InChI=1S/C19H25N3OS/c23-18(6-5-14-7-10-20-13-14)22-11-8-15(9-12-22)19-21-16-3-1-2-4-17(16)24-19/h1-4,14-15,20H,5-13H2. The zero-order valence-electron chi connectivity index (χ0n) is 14.0. The molecule has 24 heavy (non-hydrogen) atoms. The minimum Gasteiger partial charge on any atom is -0.343 e. The van der Waals surface area contributed by atoms with Gasteiger partial charge in [-0.05, 0) is 56.8 Å². The lowest BCUT2D eigenvalue weighted by Crippen LogP contribution is -2.38. The summed E-state index contributed by atoms with van der Waals surface area (Å²) in [7, 11) is 0. The molecule has 2 aliphatic rings. The van der Waals surface area contributed by atoms with Gasteiger partial charge >= 0.3 is 0 Å². The molecule has 2 saturated heterocycles. The van der Waals surface area contributed by atoms with Gasteiger partial charge in [0, 0.05) is 25.4 Å². The molecule has 3 heterocycles. The average Bonchev–Trinajstić information content (AvgIpc) is 3.29. The van der Waals surface area contributed by atoms with Gasteiger partial charge in [-0.3, -0.25) is 4.79 Å². The van der Waals surface area contributed by atoms with Gasteiger partial charge in [0.1, 0.15) is 0 Å². The van der Waals surface area contributed by atoms with Gasteiger partial charge < -0.3 is 10.2 Å². The molecule has 5 heteroatoms. The van der Waals surface area contributed by atoms with Gasteiger partial charge in [0.15, 0.2) is 0 Å². The van der Waals surface area contributed by atoms with Crippen LogP contribution in [0.1, 0.15) is 43.0 Å². The Morgan fingerprint density at radius 2 is 2.08 bits per heavy atom. The second kappa shape index (κ2) is 7.19. The highest BCUT2D eigenvalue weighted by atomic mass is 32.1. The first kappa shape index (κ1) is 16.0. The van der Waals surface area contributed by atoms with Crippen molar-refractivity contribution < 1.29 is 4.79 Å². The maximum atomic E-state index is 12.4. The molecule has 128 valence electrons. The molecule has 4 rings (SSSR count). The van der Waals surface area contributed by atoms with E-state index in [1.54, 1.807) is 0 Å². The lowest BCUT2D eigenvalue weighted by molar-refractivity contribution is -0.132. The molecule has 4 nitrogen and oxygen atoms in total. The predicted octanol–water partition coefficient (Wildman–Crippen LogP) is 3.39. The van der Waals surface area contributed by atoms with Crippen molar-refractivity contribution in [3.05, 3.63) is 29.3 Å². The topological polar surface area (TPSA) is 45.2 Å². The van der Waals surface area contributed by atoms with Crippen LogP contribution in [0.2, 0.25) is 0 Å². The third kappa shape index (κ3) is 3.47. The summed E-state index contributed by atoms with van der Waals surface area (Å²) in [6, 6.07) is 8.36. The van der Waals surface area contributed by atoms with Crippen LogP contribution in [0.5, 0.6) is 0 Å². The number of thiazole rings is 1. The molecule has 1 N–H and O–H groups in total. The predicted molar refractivity (Wildman–Crippen MR) is 98.4 cm³/mol. The second-order valence-corrected chi connectivity index (χ2v) is 8.13. The summed E-state index contributed by atoms with van der Waals surface area (Å²) >= 11 is 1.82. The quantitative estimate of drug-likeness (QED) is 0.925. The van der Waals surface area contributed by atoms with E-state index in [-0.39, 0.29) is 0 Å². The molecular weight excluding hydrogens is 318 g/mol. The average molecular weight is 343 g/mol. The number of fused-ring (bicyclic) bond motifs is 1. The number of amides is 1. The number of carbonyl (C=O) groups excluding carboxylic acids is 1. The SMILES string of the molecule is O=C(CCC1CCNC1)N1CCC(c2nc3ccccc3s2)CC1. The molecule has 0 aliphatic carbocycles. The Hall–Kier alpha value is -1.46. The zero-order valence-corrected chi connectivity index (χ0v) is 14.9. The van der Waals surface area contributed by atoms with E-state index in [1.807, 2.05) is 17.4 Å². The highest BCUT2D eigenvalue weighted by molar-refractivity contribution is 7.18. The first-order valence-corrected chi connectivity index (χ1v) is 9.95. The molecule has 1 atom stereocenters. The third-order valence-corrected chi connectivity index (χ3v) is 6.64. The Labute approximate surface area is 147 Å². The molecular formula is C19H25N3OS. The van der Waals surface area contributed by atoms with Crippen LogP contribution >= 0.6 is 11.3 Å². The van der Waals surface area contributed by atoms with Crippen LogP contribution in [0, 0.1) is 5.92 Å². The lowest BCUT2D eigenvalue weighted by Gasteiger charge is -2.31. The highest BCUT2D eigenvalue weighted by Crippen LogP contribution is 2.34. The smallest absolute Gasteiger partial charge is 0.222 e. The molecule has 1 aromatic carbocycles. The normalized spacial score (nSPS) is 22.3. The van der Waals surface area contributed by atoms with Gasteiger partial charge in [0.25, 0.3) is 0 Å². The van der Waals surface area contributed by atoms with Crippen LogP contribution in [-0.4, -0.2) is 42.0 Å². The number of piperidine rings is 1. The van der Waals surface area contributed by atoms with E-state index in [4.69, 9.17) is 4.98 Å². The summed E-state index contributed by atoms with van der Waals surface area (Å²) in [5.41, 5.74) is 1.11. The second-order valence-electron chi connectivity index (χ2n) is 7.07. The molecule has 0 saturated carbocycles. The van der Waals surface area contributed by atoms with E-state index in [0.717, 1.165) is 57.4 Å². The Kier molecular flexibility index (Phi) is 4.81. The number of carbonyl (C=O) groups is 1. The van der Waals surface area contributed by atoms with Crippen LogP contribution in [0.15, 0.2) is 24.3 Å². The van der Waals surface area contributed by atoms with Crippen molar-refractivity contribution in [3.63, 3.8) is 0 Å². The van der Waals surface area contributed by atoms with Crippen LogP contribution in [-0.2, 0) is 4.79 Å². The first-order chi connectivity index (χ1) is 11.8. The lowest BCUT2D eigenvalue weighted by atomic mass is 9.96. The molecule has 2 aliphatic heterocycles. The number of likely N-dealkylation sites (tertiary alicyclic amines) is 1. The van der Waals surface area contributed by atoms with Crippen molar-refractivity contribution in [2.45, 2.75) is 38.0 Å². The molecule has 2 aromatic rings. The van der Waals surface area contributed by atoms with Gasteiger partial charge in [-0.1, -0.05) is 12.1 Å². The van der Waals surface area contributed by atoms with Crippen LogP contribution in [0.25, 0.3) is 10.2 Å². The Morgan fingerprint density at radius 1 is 1.25 bits per heavy atom. The van der Waals surface area contributed by atoms with Gasteiger partial charge in [-0.2, -0.15) is 0 Å². The van der Waals surface area contributed by atoms with Crippen LogP contribution < -0.4 is 5.32 Å². The summed E-state index contributed by atoms with van der Waals surface area (Å²) in [6.07, 6.45) is 5.10. The monoisotopic (exact) mass is 343 g/mol. The fourth-order valence-electron chi connectivity index (χ4n) is 3.89. The molecule has 2 fully saturated rings. The van der Waals surface area contributed by atoms with Crippen molar-refractivity contribution in [1.82, 2.24) is 15.2 Å². The van der Waals surface area contributed by atoms with Crippen molar-refractivity contribution >= 4 is 27.5 Å². The summed E-state index contributed by atoms with van der Waals surface area (Å²) < 4.78 is 1.27. The minimum atomic E-state index is 0.352. The Balaban J connectivity index is 1.30. The van der Waals surface area contributed by atoms with Crippen molar-refractivity contribution in [3.8, 4) is 0 Å². The highest BCUT2D eigenvalue weighted by Gasteiger charge is 2.26. The number of rotatable bonds is 4. The molecule has 0 radical (unpaired) electrons. The Bertz CT molecular complexity index is 666. The van der Waals surface area contributed by atoms with Crippen molar-refractivity contribution in [2.24, 2.45) is 5.92 Å². The maximum Gasteiger partial charge on any atom is 0.222 e. The largest absolute Gasteiger partial charge is 0.343 e. The summed E-state index contributed by atoms with van der Waals surface area (Å²) in [5.74, 6) is 1.57. The van der Waals surface area contributed by atoms with Gasteiger partial charge in [-0.15, -0.1) is 11.3 Å². The molecule has 1 unspecified atom stereocenters. The third-order valence-electron chi connectivity index (χ3n) is 5.44. The van der Waals surface area contributed by atoms with E-state index in [9.17, 15) is 4.79 Å². The maximum absolute atomic E-state index is 12.4. The van der Waals surface area contributed by atoms with Crippen LogP contribution in [0.4, 0.5) is 0 Å². The zero-order chi connectivity index (χ0) is 16.4. The van der Waals surface area contributed by atoms with Gasteiger partial charge in [0.2, 0.25) is 5.91 Å². The number of benzene rings is 1. The van der Waals surface area contributed by atoms with Crippen LogP contribution in [0.3, 0.4) is 0 Å².